The minimum absolute atomic E-state index is 0.0301. The molecule has 1 aromatic carbocycles. The zero-order chi connectivity index (χ0) is 30.2. The number of rotatable bonds is 6. The molecule has 1 saturated heterocycles. The Kier molecular flexibility index (Phi) is 8.67. The van der Waals surface area contributed by atoms with Gasteiger partial charge in [0.15, 0.2) is 0 Å². The smallest absolute Gasteiger partial charge is 0.358 e. The topological polar surface area (TPSA) is 125 Å². The van der Waals surface area contributed by atoms with Crippen LogP contribution in [0, 0.1) is 5.92 Å². The second kappa shape index (κ2) is 11.9. The molecule has 3 fully saturated rings. The van der Waals surface area contributed by atoms with Crippen LogP contribution in [-0.2, 0) is 15.8 Å². The van der Waals surface area contributed by atoms with E-state index in [1.165, 1.54) is 12.4 Å². The average Bonchev–Trinajstić information content (AvgIpc) is 3.27. The molecule has 5 rings (SSSR count). The van der Waals surface area contributed by atoms with Crippen LogP contribution in [0.4, 0.5) is 19.0 Å². The first-order valence-electron chi connectivity index (χ1n) is 15.0. The molecule has 1 aliphatic heterocycles. The van der Waals surface area contributed by atoms with Crippen molar-refractivity contribution in [3.05, 3.63) is 30.1 Å². The summed E-state index contributed by atoms with van der Waals surface area (Å²) in [5, 5.41) is 10.3. The van der Waals surface area contributed by atoms with Gasteiger partial charge >= 0.3 is 6.18 Å². The number of hydrogen-bond donors (Lipinski definition) is 4. The maximum absolute atomic E-state index is 13.7. The Bertz CT molecular complexity index is 1290. The average molecular weight is 590 g/mol. The van der Waals surface area contributed by atoms with Crippen LogP contribution in [0.2, 0.25) is 0 Å². The van der Waals surface area contributed by atoms with Gasteiger partial charge in [0.05, 0.1) is 23.2 Å². The van der Waals surface area contributed by atoms with Gasteiger partial charge < -0.3 is 26.6 Å². The van der Waals surface area contributed by atoms with Crippen molar-refractivity contribution in [2.75, 3.05) is 11.9 Å². The summed E-state index contributed by atoms with van der Waals surface area (Å²) in [6, 6.07) is 2.65. The number of carbonyl (C=O) groups excluding carboxylic acids is 2. The number of alkyl halides is 3. The Balaban J connectivity index is 1.32. The first kappa shape index (κ1) is 30.5. The lowest BCUT2D eigenvalue weighted by molar-refractivity contribution is -0.137. The predicted octanol–water partition coefficient (Wildman–Crippen LogP) is 3.97. The molecule has 5 N–H and O–H groups in total. The van der Waals surface area contributed by atoms with Crippen molar-refractivity contribution in [1.82, 2.24) is 25.5 Å². The van der Waals surface area contributed by atoms with E-state index in [1.54, 1.807) is 0 Å². The fourth-order valence-corrected chi connectivity index (χ4v) is 6.79. The van der Waals surface area contributed by atoms with Crippen LogP contribution in [0.5, 0.6) is 0 Å². The lowest BCUT2D eigenvalue weighted by Gasteiger charge is -2.43. The Hall–Kier alpha value is -2.99. The van der Waals surface area contributed by atoms with Crippen molar-refractivity contribution in [2.45, 2.75) is 114 Å². The Morgan fingerprint density at radius 3 is 2.45 bits per heavy atom. The summed E-state index contributed by atoms with van der Waals surface area (Å²) in [4.78, 5) is 37.2. The van der Waals surface area contributed by atoms with Gasteiger partial charge in [-0.25, -0.2) is 9.97 Å². The Morgan fingerprint density at radius 2 is 1.76 bits per heavy atom. The Labute approximate surface area is 244 Å². The van der Waals surface area contributed by atoms with Gasteiger partial charge in [-0.3, -0.25) is 9.59 Å². The van der Waals surface area contributed by atoms with Gasteiger partial charge in [0.2, 0.25) is 11.8 Å². The van der Waals surface area contributed by atoms with Gasteiger partial charge in [0.1, 0.15) is 18.2 Å². The predicted molar refractivity (Wildman–Crippen MR) is 154 cm³/mol. The summed E-state index contributed by atoms with van der Waals surface area (Å²) in [6.45, 7) is 6.84. The first-order valence-corrected chi connectivity index (χ1v) is 15.0. The van der Waals surface area contributed by atoms with Crippen molar-refractivity contribution in [2.24, 2.45) is 11.7 Å². The summed E-state index contributed by atoms with van der Waals surface area (Å²) in [5.74, 6) is 0.0221. The van der Waals surface area contributed by atoms with E-state index in [-0.39, 0.29) is 58.6 Å². The van der Waals surface area contributed by atoms with Crippen molar-refractivity contribution in [1.29, 1.82) is 0 Å². The normalized spacial score (nSPS) is 29.1. The zero-order valence-corrected chi connectivity index (χ0v) is 24.5. The SMILES string of the molecule is CC(C)(C)N[C@@H]1CC[C@H](N2CC[C@H](Nc3ncnc4ccc(C(F)(F)F)cc34)C2=O)[C@H](NC(=O)[C@H]2CC[C@@H](N)CC2)C1. The maximum Gasteiger partial charge on any atom is 0.416 e. The molecule has 3 aliphatic rings. The van der Waals surface area contributed by atoms with E-state index in [4.69, 9.17) is 5.73 Å². The number of aromatic nitrogens is 2. The van der Waals surface area contributed by atoms with Crippen LogP contribution < -0.4 is 21.7 Å². The van der Waals surface area contributed by atoms with Crippen molar-refractivity contribution in [3.63, 3.8) is 0 Å². The highest BCUT2D eigenvalue weighted by atomic mass is 19.4. The maximum atomic E-state index is 13.7. The second-order valence-corrected chi connectivity index (χ2v) is 13.2. The molecule has 0 spiro atoms. The number of halogens is 3. The third-order valence-corrected chi connectivity index (χ3v) is 8.84. The highest BCUT2D eigenvalue weighted by molar-refractivity contribution is 5.93. The summed E-state index contributed by atoms with van der Waals surface area (Å²) in [5.41, 5.74) is 5.53. The van der Waals surface area contributed by atoms with Crippen LogP contribution in [0.25, 0.3) is 10.9 Å². The highest BCUT2D eigenvalue weighted by Crippen LogP contribution is 2.34. The summed E-state index contributed by atoms with van der Waals surface area (Å²) in [7, 11) is 0. The van der Waals surface area contributed by atoms with Crippen LogP contribution in [0.15, 0.2) is 24.5 Å². The van der Waals surface area contributed by atoms with Gasteiger partial charge in [0, 0.05) is 35.5 Å². The van der Waals surface area contributed by atoms with Crippen molar-refractivity contribution >= 4 is 28.5 Å². The molecule has 42 heavy (non-hydrogen) atoms. The molecule has 0 unspecified atom stereocenters. The second-order valence-electron chi connectivity index (χ2n) is 13.2. The van der Waals surface area contributed by atoms with Crippen molar-refractivity contribution < 1.29 is 22.8 Å². The number of nitrogens with two attached hydrogens (primary N) is 1. The third kappa shape index (κ3) is 6.96. The molecule has 0 bridgehead atoms. The number of likely N-dealkylation sites (tertiary alicyclic amines) is 1. The molecule has 2 heterocycles. The van der Waals surface area contributed by atoms with E-state index >= 15 is 0 Å². The van der Waals surface area contributed by atoms with E-state index in [1.807, 2.05) is 4.90 Å². The van der Waals surface area contributed by atoms with Crippen molar-refractivity contribution in [3.8, 4) is 0 Å². The summed E-state index contributed by atoms with van der Waals surface area (Å²) in [6.07, 6.45) is 2.76. The minimum Gasteiger partial charge on any atom is -0.358 e. The molecule has 2 saturated carbocycles. The van der Waals surface area contributed by atoms with Gasteiger partial charge in [0.25, 0.3) is 0 Å². The summed E-state index contributed by atoms with van der Waals surface area (Å²) >= 11 is 0. The third-order valence-electron chi connectivity index (χ3n) is 8.84. The highest BCUT2D eigenvalue weighted by Gasteiger charge is 2.43. The van der Waals surface area contributed by atoms with Gasteiger partial charge in [-0.15, -0.1) is 0 Å². The van der Waals surface area contributed by atoms with Crippen LogP contribution in [-0.4, -0.2) is 69.0 Å². The lowest BCUT2D eigenvalue weighted by atomic mass is 9.82. The van der Waals surface area contributed by atoms with Gasteiger partial charge in [-0.1, -0.05) is 0 Å². The Morgan fingerprint density at radius 1 is 1.02 bits per heavy atom. The number of carbonyl (C=O) groups is 2. The molecule has 2 amide bonds. The van der Waals surface area contributed by atoms with E-state index in [0.717, 1.165) is 50.7 Å². The zero-order valence-electron chi connectivity index (χ0n) is 24.5. The molecule has 12 heteroatoms. The molecule has 4 atom stereocenters. The van der Waals surface area contributed by atoms with Gasteiger partial charge in [-0.05, 0) is 90.3 Å². The molecule has 9 nitrogen and oxygen atoms in total. The van der Waals surface area contributed by atoms with E-state index in [9.17, 15) is 22.8 Å². The fourth-order valence-electron chi connectivity index (χ4n) is 6.79. The minimum atomic E-state index is -4.51. The molecular formula is C30H42F3N7O2. The molecule has 1 aromatic heterocycles. The first-order chi connectivity index (χ1) is 19.8. The molecule has 2 aromatic rings. The number of benzene rings is 1. The molecule has 2 aliphatic carbocycles. The lowest BCUT2D eigenvalue weighted by Crippen LogP contribution is -2.60. The number of nitrogens with one attached hydrogen (secondary N) is 3. The molecule has 230 valence electrons. The molecule has 0 radical (unpaired) electrons. The van der Waals surface area contributed by atoms with E-state index < -0.39 is 17.8 Å². The van der Waals surface area contributed by atoms with Crippen LogP contribution in [0.3, 0.4) is 0 Å². The largest absolute Gasteiger partial charge is 0.416 e. The van der Waals surface area contributed by atoms with Gasteiger partial charge in [-0.2, -0.15) is 13.2 Å². The summed E-state index contributed by atoms with van der Waals surface area (Å²) < 4.78 is 40.2. The fraction of sp³-hybridized carbons (Fsp3) is 0.667. The number of anilines is 1. The number of amides is 2. The quantitative estimate of drug-likeness (QED) is 0.402. The van der Waals surface area contributed by atoms with E-state index in [0.29, 0.717) is 24.9 Å². The number of fused-ring (bicyclic) bond motifs is 1. The van der Waals surface area contributed by atoms with Crippen LogP contribution in [0.1, 0.15) is 77.7 Å². The van der Waals surface area contributed by atoms with E-state index in [2.05, 4.69) is 46.7 Å². The molecular weight excluding hydrogens is 547 g/mol. The van der Waals surface area contributed by atoms with Crippen LogP contribution >= 0.6 is 0 Å². The monoisotopic (exact) mass is 589 g/mol. The standard InChI is InChI=1S/C30H42F3N7O2/c1-29(2,3)39-20-9-11-25(24(15-20)38-27(41)17-4-7-19(34)8-5-17)40-13-12-23(28(40)42)37-26-21-14-18(30(31,32)33)6-10-22(21)35-16-36-26/h6,10,14,16-17,19-20,23-25,39H,4-5,7-9,11-13,15,34H2,1-3H3,(H,38,41)(H,35,36,37)/t17-,19+,20-,23+,24-,25+/m1/s1. The number of hydrogen-bond acceptors (Lipinski definition) is 7. The number of nitrogens with zero attached hydrogens (tertiary/aromatic N) is 3.